The van der Waals surface area contributed by atoms with E-state index in [1.807, 2.05) is 0 Å². The average Bonchev–Trinajstić information content (AvgIpc) is 0.722. The molecule has 0 radical (unpaired) electrons. The van der Waals surface area contributed by atoms with Gasteiger partial charge in [-0.15, -0.1) is 0 Å². The number of rotatable bonds is 0. The minimum Gasteiger partial charge on any atom is -0.303 e. The predicted octanol–water partition coefficient (Wildman–Crippen LogP) is -0.929. The molecule has 0 aromatic heterocycles. The zero-order chi connectivity index (χ0) is 4.50. The van der Waals surface area contributed by atoms with Gasteiger partial charge in [-0.05, 0) is 0 Å². The van der Waals surface area contributed by atoms with Crippen molar-refractivity contribution >= 4 is 7.82 Å². The van der Waals surface area contributed by atoms with Crippen LogP contribution >= 0.6 is 7.82 Å². The minimum absolute atomic E-state index is 0. The molecule has 0 aliphatic carbocycles. The maximum absolute atomic E-state index is 8.88. The average molecular weight is 271 g/mol. The van der Waals surface area contributed by atoms with Gasteiger partial charge in [-0.1, -0.05) is 0 Å². The summed E-state index contributed by atoms with van der Waals surface area (Å²) in [6.45, 7) is 0. The van der Waals surface area contributed by atoms with Crippen molar-refractivity contribution in [1.82, 2.24) is 0 Å². The Morgan fingerprint density at radius 1 is 1.17 bits per heavy atom. The molecule has 0 fully saturated rings. The summed E-state index contributed by atoms with van der Waals surface area (Å²) in [4.78, 5) is 21.6. The summed E-state index contributed by atoms with van der Waals surface area (Å²) in [5.41, 5.74) is 0. The Labute approximate surface area is 73.0 Å². The molecule has 0 aliphatic heterocycles. The standard InChI is InChI=1S/H3O4P.Yb/c1-5(2,3)4;/h(H3,1,2,3,4);. The fourth-order valence-corrected chi connectivity index (χ4v) is 0. The van der Waals surface area contributed by atoms with E-state index in [4.69, 9.17) is 19.2 Å². The number of phosphoric acid groups is 1. The van der Waals surface area contributed by atoms with Crippen LogP contribution in [0.25, 0.3) is 0 Å². The maximum Gasteiger partial charge on any atom is 0.466 e. The molecule has 0 spiro atoms. The molecule has 0 saturated carbocycles. The smallest absolute Gasteiger partial charge is 0.303 e. The summed E-state index contributed by atoms with van der Waals surface area (Å²) < 4.78 is 8.88. The topological polar surface area (TPSA) is 77.8 Å². The molecule has 6 heteroatoms. The quantitative estimate of drug-likeness (QED) is 0.497. The Morgan fingerprint density at radius 2 is 1.17 bits per heavy atom. The van der Waals surface area contributed by atoms with Crippen molar-refractivity contribution in [3.8, 4) is 0 Å². The van der Waals surface area contributed by atoms with Gasteiger partial charge in [0.2, 0.25) is 0 Å². The van der Waals surface area contributed by atoms with E-state index in [0.29, 0.717) is 0 Å². The molecule has 0 saturated heterocycles. The Morgan fingerprint density at radius 3 is 1.17 bits per heavy atom. The van der Waals surface area contributed by atoms with Gasteiger partial charge in [-0.2, -0.15) is 0 Å². The molecule has 0 aromatic rings. The molecule has 0 amide bonds. The van der Waals surface area contributed by atoms with Gasteiger partial charge in [-0.25, -0.2) is 4.57 Å². The molecule has 0 aromatic carbocycles. The zero-order valence-corrected chi connectivity index (χ0v) is 5.07. The van der Waals surface area contributed by atoms with Crippen molar-refractivity contribution in [2.24, 2.45) is 0 Å². The third-order valence-corrected chi connectivity index (χ3v) is 0. The second-order valence-electron chi connectivity index (χ2n) is 0.513. The summed E-state index contributed by atoms with van der Waals surface area (Å²) in [7, 11) is -4.64. The van der Waals surface area contributed by atoms with E-state index >= 15 is 0 Å². The first-order valence-electron chi connectivity index (χ1n) is 0.783. The molecule has 4 nitrogen and oxygen atoms in total. The third-order valence-electron chi connectivity index (χ3n) is 0. The van der Waals surface area contributed by atoms with Crippen molar-refractivity contribution in [2.45, 2.75) is 0 Å². The van der Waals surface area contributed by atoms with E-state index in [9.17, 15) is 0 Å². The van der Waals surface area contributed by atoms with Crippen LogP contribution in [-0.4, -0.2) is 14.7 Å². The molecular formula is H3O4PYb. The molecule has 6 heavy (non-hydrogen) atoms. The minimum atomic E-state index is -4.64. The van der Waals surface area contributed by atoms with Crippen LogP contribution in [0.4, 0.5) is 0 Å². The fourth-order valence-electron chi connectivity index (χ4n) is 0. The zero-order valence-electron chi connectivity index (χ0n) is 2.46. The maximum atomic E-state index is 8.88. The van der Waals surface area contributed by atoms with Crippen molar-refractivity contribution < 1.29 is 66.2 Å². The first-order chi connectivity index (χ1) is 2.00. The van der Waals surface area contributed by atoms with Crippen LogP contribution < -0.4 is 0 Å². The second kappa shape index (κ2) is 3.61. The SMILES string of the molecule is O=P(O)(O)O.[Yb]. The molecular weight excluding hydrogens is 268 g/mol. The molecule has 0 heterocycles. The monoisotopic (exact) mass is 272 g/mol. The third kappa shape index (κ3) is 45.4. The van der Waals surface area contributed by atoms with Gasteiger partial charge in [0.05, 0.1) is 0 Å². The Bertz CT molecular complexity index is 53.7. The molecule has 0 atom stereocenters. The van der Waals surface area contributed by atoms with Crippen LogP contribution in [0.3, 0.4) is 0 Å². The fraction of sp³-hybridized carbons (Fsp3) is 0. The van der Waals surface area contributed by atoms with Crippen LogP contribution in [0, 0.1) is 46.9 Å². The summed E-state index contributed by atoms with van der Waals surface area (Å²) in [6, 6.07) is 0. The first-order valence-corrected chi connectivity index (χ1v) is 2.35. The molecule has 0 unspecified atom stereocenters. The van der Waals surface area contributed by atoms with E-state index in [1.165, 1.54) is 0 Å². The van der Waals surface area contributed by atoms with Crippen molar-refractivity contribution in [1.29, 1.82) is 0 Å². The number of hydrogen-bond acceptors (Lipinski definition) is 1. The second-order valence-corrected chi connectivity index (χ2v) is 1.54. The van der Waals surface area contributed by atoms with Gasteiger partial charge < -0.3 is 14.7 Å². The van der Waals surface area contributed by atoms with Gasteiger partial charge in [0.15, 0.2) is 0 Å². The van der Waals surface area contributed by atoms with Gasteiger partial charge in [0, 0.05) is 46.9 Å². The van der Waals surface area contributed by atoms with E-state index in [0.717, 1.165) is 0 Å². The molecule has 0 rings (SSSR count). The van der Waals surface area contributed by atoms with Crippen molar-refractivity contribution in [3.63, 3.8) is 0 Å². The van der Waals surface area contributed by atoms with Crippen LogP contribution in [-0.2, 0) is 4.57 Å². The van der Waals surface area contributed by atoms with Crippen molar-refractivity contribution in [2.75, 3.05) is 0 Å². The van der Waals surface area contributed by atoms with Crippen LogP contribution in [0.2, 0.25) is 0 Å². The normalized spacial score (nSPS) is 9.83. The summed E-state index contributed by atoms with van der Waals surface area (Å²) in [5.74, 6) is 0. The van der Waals surface area contributed by atoms with E-state index < -0.39 is 7.82 Å². The molecule has 0 bridgehead atoms. The largest absolute Gasteiger partial charge is 0.466 e. The summed E-state index contributed by atoms with van der Waals surface area (Å²) >= 11 is 0. The molecule has 46 valence electrons. The van der Waals surface area contributed by atoms with Gasteiger partial charge in [0.25, 0.3) is 0 Å². The first kappa shape index (κ1) is 10.6. The van der Waals surface area contributed by atoms with Crippen LogP contribution in [0.5, 0.6) is 0 Å². The van der Waals surface area contributed by atoms with E-state index in [2.05, 4.69) is 0 Å². The Balaban J connectivity index is 0. The van der Waals surface area contributed by atoms with E-state index in [1.54, 1.807) is 0 Å². The Hall–Kier alpha value is 1.63. The predicted molar refractivity (Wildman–Crippen MR) is 14.3 cm³/mol. The number of hydrogen-bond donors (Lipinski definition) is 3. The summed E-state index contributed by atoms with van der Waals surface area (Å²) in [6.07, 6.45) is 0. The van der Waals surface area contributed by atoms with Crippen molar-refractivity contribution in [3.05, 3.63) is 0 Å². The Kier molecular flexibility index (Phi) is 6.36. The molecule has 0 aliphatic rings. The molecule has 3 N–H and O–H groups in total. The van der Waals surface area contributed by atoms with Crippen LogP contribution in [0.15, 0.2) is 0 Å². The van der Waals surface area contributed by atoms with Gasteiger partial charge >= 0.3 is 7.82 Å². The van der Waals surface area contributed by atoms with Gasteiger partial charge in [-0.3, -0.25) is 0 Å². The summed E-state index contributed by atoms with van der Waals surface area (Å²) in [5, 5.41) is 0. The van der Waals surface area contributed by atoms with E-state index in [-0.39, 0.29) is 46.9 Å². The van der Waals surface area contributed by atoms with Crippen LogP contribution in [0.1, 0.15) is 0 Å². The van der Waals surface area contributed by atoms with Gasteiger partial charge in [0.1, 0.15) is 0 Å².